The van der Waals surface area contributed by atoms with Gasteiger partial charge in [-0.15, -0.1) is 0 Å². The number of fused-ring (bicyclic) bond motifs is 15. The van der Waals surface area contributed by atoms with Crippen LogP contribution in [0.1, 0.15) is 163 Å². The summed E-state index contributed by atoms with van der Waals surface area (Å²) >= 11 is 14.4. The molecule has 5 aromatic carbocycles. The van der Waals surface area contributed by atoms with Crippen LogP contribution in [0.5, 0.6) is 46.0 Å². The molecule has 4 saturated carbocycles. The van der Waals surface area contributed by atoms with Crippen molar-refractivity contribution in [2.24, 2.45) is 41.1 Å². The lowest BCUT2D eigenvalue weighted by Gasteiger charge is -2.54. The van der Waals surface area contributed by atoms with Gasteiger partial charge in [0.1, 0.15) is 95.5 Å². The van der Waals surface area contributed by atoms with E-state index in [9.17, 15) is 55.2 Å². The molecule has 4 aliphatic carbocycles. The zero-order valence-corrected chi connectivity index (χ0v) is 69.3. The number of aliphatic hydroxyl groups is 6. The number of carbonyl (C=O) groups excluding carboxylic acids is 9. The SMILES string of the molecule is CCCCCOCCNC(=O)Oc1cc(O)c2c(c1)[C@@H](C(=O)NC1C3CC4CC(C3)CC1C4)NC(=O)[C@H]1NC(=O)[C@H](NC(=O)[C@@H]3NC(=O)[C@H](CC(N)=O)NC(=O)[C@H](NC(=O)[C@@H](CC(C)C)NC)[C@H](O)c4ccc(c(Cl)c4)Oc4cc3cc(c4O[C@@H]3O[C@H](CO)[C@@H](O)[C@H](O)[C@H]3O[C@H]3C[C@](C)(N)[C@H](O)[C@H](C)O3)Oc3ccc(cc3Cl)[C@H]1O)c1ccc(O)c-2c1. The molecule has 0 aromatic heterocycles. The van der Waals surface area contributed by atoms with Crippen molar-refractivity contribution in [3.05, 3.63) is 117 Å². The van der Waals surface area contributed by atoms with E-state index in [1.807, 2.05) is 20.8 Å². The monoisotopic (exact) mass is 1740 g/mol. The van der Waals surface area contributed by atoms with Crippen LogP contribution in [0, 0.1) is 29.6 Å². The lowest BCUT2D eigenvalue weighted by Crippen LogP contribution is -2.64. The Labute approximate surface area is 711 Å². The number of aromatic hydroxyl groups is 2. The van der Waals surface area contributed by atoms with Gasteiger partial charge in [0.25, 0.3) is 0 Å². The van der Waals surface area contributed by atoms with Crippen LogP contribution < -0.4 is 78.3 Å². The molecule has 0 spiro atoms. The van der Waals surface area contributed by atoms with E-state index >= 15 is 28.8 Å². The molecule has 6 fully saturated rings. The summed E-state index contributed by atoms with van der Waals surface area (Å²) in [5, 5.41) is 119. The van der Waals surface area contributed by atoms with Gasteiger partial charge in [0.2, 0.25) is 59.3 Å². The highest BCUT2D eigenvalue weighted by atomic mass is 35.5. The summed E-state index contributed by atoms with van der Waals surface area (Å²) in [5.74, 6) is -13.2. The topological polar surface area (TPSA) is 550 Å². The number of halogens is 2. The van der Waals surface area contributed by atoms with Gasteiger partial charge in [-0.05, 0) is 178 Å². The van der Waals surface area contributed by atoms with Gasteiger partial charge in [0, 0.05) is 48.3 Å². The summed E-state index contributed by atoms with van der Waals surface area (Å²) in [5.41, 5.74) is 8.79. The van der Waals surface area contributed by atoms with Crippen molar-refractivity contribution in [1.82, 2.24) is 47.9 Å². The number of primary amides is 1. The van der Waals surface area contributed by atoms with Crippen LogP contribution in [0.2, 0.25) is 10.0 Å². The number of rotatable bonds is 22. The van der Waals surface area contributed by atoms with Gasteiger partial charge in [-0.1, -0.05) is 75.0 Å². The second-order valence-electron chi connectivity index (χ2n) is 33.5. The molecule has 38 heteroatoms. The van der Waals surface area contributed by atoms with Crippen molar-refractivity contribution < 1.29 is 122 Å². The maximum Gasteiger partial charge on any atom is 0.412 e. The van der Waals surface area contributed by atoms with Gasteiger partial charge in [0.15, 0.2) is 23.9 Å². The van der Waals surface area contributed by atoms with Crippen molar-refractivity contribution in [2.45, 2.75) is 221 Å². The molecule has 7 aliphatic heterocycles. The Balaban J connectivity index is 1.00. The number of hydrogen-bond acceptors (Lipinski definition) is 27. The first-order chi connectivity index (χ1) is 58.1. The van der Waals surface area contributed by atoms with Gasteiger partial charge in [-0.25, -0.2) is 4.79 Å². The van der Waals surface area contributed by atoms with Crippen LogP contribution in [-0.2, 0) is 57.3 Å². The maximum atomic E-state index is 16.5. The maximum absolute atomic E-state index is 16.5. The van der Waals surface area contributed by atoms with Crippen LogP contribution in [0.25, 0.3) is 11.1 Å². The number of carbonyl (C=O) groups is 9. The van der Waals surface area contributed by atoms with E-state index in [-0.39, 0.29) is 93.8 Å². The number of phenolic OH excluding ortho intramolecular Hbond substituents is 2. The Bertz CT molecular complexity index is 4750. The minimum atomic E-state index is -2.36. The lowest BCUT2D eigenvalue weighted by atomic mass is 9.54. The largest absolute Gasteiger partial charge is 0.507 e. The highest BCUT2D eigenvalue weighted by molar-refractivity contribution is 6.32. The molecule has 11 aliphatic rings. The first-order valence-corrected chi connectivity index (χ1v) is 41.7. The number of aliphatic hydroxyl groups excluding tert-OH is 6. The number of likely N-dealkylation sites (N-methyl/N-ethyl adjacent to an activating group) is 1. The molecule has 0 radical (unpaired) electrons. The fraction of sp³-hybridized carbons (Fsp3) is 0.536. The molecule has 15 bridgehead atoms. The number of ether oxygens (including phenoxy) is 8. The standard InChI is InChI=1S/C84H105Cl2N11O25/c1-7-8-9-17-115-18-16-90-83(114)117-45-30-47-61(53(100)31-45)46-25-39(10-13-52(46)99)63-77(109)97-67(81(113)95-65(47)79(111)92-62-42-21-37-20-38(23-42)24-43(62)22-37)69(103)41-12-15-55(49(86)27-41)119-57-29-44-28-56(72(57)122-82-73(71(105)70(104)58(34-98)120-82)121-60-33-84(5,88)74(106)36(4)116-60)118-54-14-11-40(26-48(54)85)68(102)66(96-75(107)50(89-6)19-35(2)3)80(112)91-51(32-59(87)101)76(108)93-64(44)78(110)94-63/h10-15,25-31,35-38,42-43,50-51,58,60,62-71,73-74,82,89,98-100,102-106H,7-9,16-24,32-34,88H2,1-6H3,(H2,87,101)(H,90,114)(H,91,112)(H,92,111)(H,93,108)(H,94,110)(H,95,113)(H,96,107)(H,97,109)/t36-,37?,38?,42?,43?,50+,51-,58+,60-,62?,63+,64+,65-,66+,67-,68+,69+,70+,71-,73+,74+,82-,84-/m0/s1. The summed E-state index contributed by atoms with van der Waals surface area (Å²) in [6.07, 6.45) is -12.6. The number of phenols is 2. The number of unbranched alkanes of at least 4 members (excludes halogenated alkanes) is 2. The van der Waals surface area contributed by atoms with Crippen molar-refractivity contribution in [3.63, 3.8) is 0 Å². The molecule has 660 valence electrons. The minimum absolute atomic E-state index is 0.0161. The first-order valence-electron chi connectivity index (χ1n) is 41.0. The van der Waals surface area contributed by atoms with Crippen molar-refractivity contribution in [1.29, 1.82) is 0 Å². The van der Waals surface area contributed by atoms with Gasteiger partial charge < -0.3 is 138 Å². The van der Waals surface area contributed by atoms with E-state index < -0.39 is 227 Å². The number of nitrogens with two attached hydrogens (primary N) is 2. The highest BCUT2D eigenvalue weighted by Crippen LogP contribution is 2.55. The zero-order chi connectivity index (χ0) is 87.6. The highest BCUT2D eigenvalue weighted by Gasteiger charge is 2.53. The molecule has 16 rings (SSSR count). The van der Waals surface area contributed by atoms with Crippen LogP contribution in [0.15, 0.2) is 78.9 Å². The Morgan fingerprint density at radius 1 is 0.689 bits per heavy atom. The molecule has 9 amide bonds. The third-order valence-electron chi connectivity index (χ3n) is 23.9. The van der Waals surface area contributed by atoms with E-state index in [2.05, 4.69) is 47.9 Å². The van der Waals surface area contributed by atoms with Crippen LogP contribution in [0.4, 0.5) is 4.79 Å². The molecule has 0 unspecified atom stereocenters. The molecule has 7 heterocycles. The molecule has 122 heavy (non-hydrogen) atoms. The number of hydrogen-bond donors (Lipinski definition) is 19. The summed E-state index contributed by atoms with van der Waals surface area (Å²) < 4.78 is 50.4. The van der Waals surface area contributed by atoms with Crippen molar-refractivity contribution >= 4 is 76.6 Å². The van der Waals surface area contributed by atoms with Gasteiger partial charge >= 0.3 is 6.09 Å². The molecule has 5 aromatic rings. The van der Waals surface area contributed by atoms with E-state index in [0.717, 1.165) is 99.9 Å². The van der Waals surface area contributed by atoms with Gasteiger partial charge in [0.05, 0.1) is 47.9 Å². The van der Waals surface area contributed by atoms with Crippen LogP contribution >= 0.6 is 23.2 Å². The number of benzene rings is 5. The summed E-state index contributed by atoms with van der Waals surface area (Å²) in [6.45, 7) is 8.27. The Hall–Kier alpha value is -9.77. The molecule has 18 atom stereocenters. The average molecular weight is 1740 g/mol. The first kappa shape index (κ1) is 90.0. The summed E-state index contributed by atoms with van der Waals surface area (Å²) in [7, 11) is 1.49. The van der Waals surface area contributed by atoms with Crippen LogP contribution in [-0.4, -0.2) is 213 Å². The molecule has 21 N–H and O–H groups in total. The second-order valence-corrected chi connectivity index (χ2v) is 34.3. The third-order valence-corrected chi connectivity index (χ3v) is 24.5. The number of nitrogens with one attached hydrogen (secondary N) is 9. The number of amides is 9. The van der Waals surface area contributed by atoms with Gasteiger partial charge in [-0.2, -0.15) is 0 Å². The van der Waals surface area contributed by atoms with Crippen molar-refractivity contribution in [3.8, 4) is 57.1 Å². The van der Waals surface area contributed by atoms with E-state index in [1.54, 1.807) is 0 Å². The quantitative estimate of drug-likeness (QED) is 0.0440. The zero-order valence-electron chi connectivity index (χ0n) is 67.8. The predicted octanol–water partition coefficient (Wildman–Crippen LogP) is 3.55. The van der Waals surface area contributed by atoms with E-state index in [4.69, 9.17) is 72.6 Å². The minimum Gasteiger partial charge on any atom is -0.507 e. The lowest BCUT2D eigenvalue weighted by molar-refractivity contribution is -0.333. The Morgan fingerprint density at radius 2 is 1.32 bits per heavy atom. The van der Waals surface area contributed by atoms with Gasteiger partial charge in [-0.3, -0.25) is 38.4 Å². The normalized spacial score (nSPS) is 30.8. The molecule has 36 nitrogen and oxygen atoms in total. The van der Waals surface area contributed by atoms with E-state index in [0.29, 0.717) is 18.4 Å². The van der Waals surface area contributed by atoms with E-state index in [1.165, 1.54) is 51.2 Å². The Kier molecular flexibility index (Phi) is 28.1. The fourth-order valence-electron chi connectivity index (χ4n) is 17.9. The molecule has 2 saturated heterocycles. The van der Waals surface area contributed by atoms with Crippen LogP contribution in [0.3, 0.4) is 0 Å². The smallest absolute Gasteiger partial charge is 0.412 e. The third kappa shape index (κ3) is 19.9. The second kappa shape index (κ2) is 38.1. The summed E-state index contributed by atoms with van der Waals surface area (Å²) in [4.78, 5) is 136. The molecular weight excluding hydrogens is 1630 g/mol. The fourth-order valence-corrected chi connectivity index (χ4v) is 18.3. The molecular formula is C84H105Cl2N11O25. The Morgan fingerprint density at radius 3 is 1.93 bits per heavy atom. The predicted molar refractivity (Wildman–Crippen MR) is 433 cm³/mol. The summed E-state index contributed by atoms with van der Waals surface area (Å²) in [6, 6.07) is 0.407. The van der Waals surface area contributed by atoms with Crippen molar-refractivity contribution in [2.75, 3.05) is 33.4 Å². The average Bonchev–Trinajstić information content (AvgIpc) is 0.756.